The predicted molar refractivity (Wildman–Crippen MR) is 113 cm³/mol. The van der Waals surface area contributed by atoms with Crippen molar-refractivity contribution in [2.24, 2.45) is 0 Å². The van der Waals surface area contributed by atoms with Gasteiger partial charge in [-0.2, -0.15) is 0 Å². The van der Waals surface area contributed by atoms with Crippen molar-refractivity contribution in [1.82, 2.24) is 10.6 Å². The van der Waals surface area contributed by atoms with Crippen LogP contribution < -0.4 is 10.6 Å². The summed E-state index contributed by atoms with van der Waals surface area (Å²) in [6.45, 7) is 3.63. The molecule has 2 amide bonds. The summed E-state index contributed by atoms with van der Waals surface area (Å²) < 4.78 is 5.20. The molecule has 0 aromatic heterocycles. The second-order valence-corrected chi connectivity index (χ2v) is 6.71. The number of carboxylic acids is 1. The van der Waals surface area contributed by atoms with Gasteiger partial charge in [-0.15, -0.1) is 6.58 Å². The summed E-state index contributed by atoms with van der Waals surface area (Å²) in [6.07, 6.45) is 1.67. The lowest BCUT2D eigenvalue weighted by molar-refractivity contribution is -0.142. The molecule has 0 radical (unpaired) electrons. The number of carbonyl (C=O) groups is 3. The molecule has 158 valence electrons. The number of carboxylic acid groups (broad SMARTS) is 1. The Labute approximate surface area is 175 Å². The van der Waals surface area contributed by atoms with Crippen molar-refractivity contribution in [3.63, 3.8) is 0 Å². The van der Waals surface area contributed by atoms with Crippen LogP contribution in [0.4, 0.5) is 4.79 Å². The predicted octanol–water partition coefficient (Wildman–Crippen LogP) is 3.06. The third kappa shape index (κ3) is 7.79. The van der Waals surface area contributed by atoms with Gasteiger partial charge in [-0.25, -0.2) is 9.59 Å². The van der Waals surface area contributed by atoms with E-state index >= 15 is 0 Å². The van der Waals surface area contributed by atoms with E-state index in [1.807, 2.05) is 60.7 Å². The Morgan fingerprint density at radius 1 is 0.933 bits per heavy atom. The molecule has 0 aliphatic carbocycles. The average molecular weight is 410 g/mol. The molecule has 2 rings (SSSR count). The maximum atomic E-state index is 12.8. The van der Waals surface area contributed by atoms with E-state index in [4.69, 9.17) is 4.74 Å². The molecule has 0 heterocycles. The van der Waals surface area contributed by atoms with Crippen LogP contribution >= 0.6 is 0 Å². The van der Waals surface area contributed by atoms with Gasteiger partial charge in [0.15, 0.2) is 0 Å². The van der Waals surface area contributed by atoms with E-state index in [2.05, 4.69) is 17.2 Å². The minimum absolute atomic E-state index is 0.0590. The normalized spacial score (nSPS) is 12.3. The molecular weight excluding hydrogens is 384 g/mol. The summed E-state index contributed by atoms with van der Waals surface area (Å²) in [5, 5.41) is 14.4. The van der Waals surface area contributed by atoms with Crippen LogP contribution in [0, 0.1) is 0 Å². The molecule has 0 bridgehead atoms. The highest BCUT2D eigenvalue weighted by Crippen LogP contribution is 2.07. The van der Waals surface area contributed by atoms with Gasteiger partial charge in [-0.05, 0) is 24.0 Å². The first-order valence-corrected chi connectivity index (χ1v) is 9.64. The maximum Gasteiger partial charge on any atom is 0.408 e. The largest absolute Gasteiger partial charge is 0.480 e. The molecule has 2 aromatic carbocycles. The third-order valence-corrected chi connectivity index (χ3v) is 4.38. The molecule has 0 saturated carbocycles. The van der Waals surface area contributed by atoms with Crippen LogP contribution in [-0.4, -0.2) is 35.2 Å². The second-order valence-electron chi connectivity index (χ2n) is 6.71. The highest BCUT2D eigenvalue weighted by Gasteiger charge is 2.27. The first kappa shape index (κ1) is 22.7. The fraction of sp³-hybridized carbons (Fsp3) is 0.261. The Morgan fingerprint density at radius 3 is 2.10 bits per heavy atom. The van der Waals surface area contributed by atoms with Gasteiger partial charge in [0, 0.05) is 6.42 Å². The lowest BCUT2D eigenvalue weighted by Gasteiger charge is -2.21. The van der Waals surface area contributed by atoms with Crippen LogP contribution in [0.25, 0.3) is 0 Å². The zero-order valence-electron chi connectivity index (χ0n) is 16.6. The summed E-state index contributed by atoms with van der Waals surface area (Å²) in [5.74, 6) is -1.73. The number of allylic oxidation sites excluding steroid dienone is 1. The van der Waals surface area contributed by atoms with Crippen LogP contribution in [0.1, 0.15) is 24.0 Å². The third-order valence-electron chi connectivity index (χ3n) is 4.38. The number of aliphatic carboxylic acids is 1. The molecule has 0 aliphatic heterocycles. The molecule has 0 spiro atoms. The maximum absolute atomic E-state index is 12.8. The zero-order valence-corrected chi connectivity index (χ0v) is 16.6. The number of carbonyl (C=O) groups excluding carboxylic acids is 2. The molecule has 0 saturated heterocycles. The van der Waals surface area contributed by atoms with Crippen LogP contribution in [0.15, 0.2) is 73.3 Å². The van der Waals surface area contributed by atoms with E-state index in [1.54, 1.807) is 6.08 Å². The Bertz CT molecular complexity index is 839. The minimum atomic E-state index is -1.14. The number of nitrogens with one attached hydrogen (secondary N) is 2. The van der Waals surface area contributed by atoms with Crippen molar-refractivity contribution in [3.8, 4) is 0 Å². The molecule has 3 N–H and O–H groups in total. The van der Waals surface area contributed by atoms with Crippen molar-refractivity contribution >= 4 is 18.0 Å². The van der Waals surface area contributed by atoms with Gasteiger partial charge in [0.2, 0.25) is 5.91 Å². The molecule has 2 atom stereocenters. The van der Waals surface area contributed by atoms with Gasteiger partial charge in [0.25, 0.3) is 0 Å². The Kier molecular flexibility index (Phi) is 9.12. The monoisotopic (exact) mass is 410 g/mol. The highest BCUT2D eigenvalue weighted by molar-refractivity contribution is 5.89. The fourth-order valence-corrected chi connectivity index (χ4v) is 2.78. The van der Waals surface area contributed by atoms with Crippen LogP contribution in [0.2, 0.25) is 0 Å². The zero-order chi connectivity index (χ0) is 21.8. The van der Waals surface area contributed by atoms with Gasteiger partial charge >= 0.3 is 12.1 Å². The minimum Gasteiger partial charge on any atom is -0.480 e. The Morgan fingerprint density at radius 2 is 1.53 bits per heavy atom. The summed E-state index contributed by atoms with van der Waals surface area (Å²) in [7, 11) is 0. The highest BCUT2D eigenvalue weighted by atomic mass is 16.5. The summed E-state index contributed by atoms with van der Waals surface area (Å²) >= 11 is 0. The first-order valence-electron chi connectivity index (χ1n) is 9.64. The molecule has 2 aromatic rings. The van der Waals surface area contributed by atoms with Gasteiger partial charge in [0.1, 0.15) is 18.7 Å². The Hall–Kier alpha value is -3.61. The summed E-state index contributed by atoms with van der Waals surface area (Å²) in [6, 6.07) is 16.2. The van der Waals surface area contributed by atoms with Crippen LogP contribution in [-0.2, 0) is 27.4 Å². The second kappa shape index (κ2) is 12.1. The molecular formula is C23H26N2O5. The number of hydrogen-bond donors (Lipinski definition) is 3. The lowest BCUT2D eigenvalue weighted by Crippen LogP contribution is -2.52. The number of alkyl carbamates (subject to hydrolysis) is 1. The van der Waals surface area contributed by atoms with Gasteiger partial charge in [-0.3, -0.25) is 4.79 Å². The first-order chi connectivity index (χ1) is 14.5. The van der Waals surface area contributed by atoms with Gasteiger partial charge in [-0.1, -0.05) is 66.7 Å². The van der Waals surface area contributed by atoms with Crippen molar-refractivity contribution in [3.05, 3.63) is 84.4 Å². The van der Waals surface area contributed by atoms with Crippen molar-refractivity contribution in [2.75, 3.05) is 0 Å². The topological polar surface area (TPSA) is 105 Å². The van der Waals surface area contributed by atoms with E-state index < -0.39 is 30.1 Å². The van der Waals surface area contributed by atoms with E-state index in [9.17, 15) is 19.5 Å². The lowest BCUT2D eigenvalue weighted by atomic mass is 10.0. The van der Waals surface area contributed by atoms with Crippen molar-refractivity contribution < 1.29 is 24.2 Å². The fourth-order valence-electron chi connectivity index (χ4n) is 2.78. The number of amides is 2. The Balaban J connectivity index is 2.04. The van der Waals surface area contributed by atoms with E-state index in [1.165, 1.54) is 0 Å². The van der Waals surface area contributed by atoms with Gasteiger partial charge < -0.3 is 20.5 Å². The molecule has 30 heavy (non-hydrogen) atoms. The van der Waals surface area contributed by atoms with E-state index in [0.717, 1.165) is 11.1 Å². The number of hydrogen-bond acceptors (Lipinski definition) is 4. The summed E-state index contributed by atoms with van der Waals surface area (Å²) in [5.41, 5.74) is 1.63. The van der Waals surface area contributed by atoms with Crippen LogP contribution in [0.3, 0.4) is 0 Å². The molecule has 0 aliphatic rings. The smallest absolute Gasteiger partial charge is 0.408 e. The van der Waals surface area contributed by atoms with E-state index in [-0.39, 0.29) is 19.4 Å². The molecule has 0 unspecified atom stereocenters. The summed E-state index contributed by atoms with van der Waals surface area (Å²) in [4.78, 5) is 36.5. The SMILES string of the molecule is C=CCC[C@@H](NC(=O)[C@H](Cc1ccccc1)NC(=O)OCc1ccccc1)C(=O)O. The molecule has 7 heteroatoms. The van der Waals surface area contributed by atoms with E-state index in [0.29, 0.717) is 6.42 Å². The average Bonchev–Trinajstić information content (AvgIpc) is 2.76. The van der Waals surface area contributed by atoms with Crippen molar-refractivity contribution in [1.29, 1.82) is 0 Å². The van der Waals surface area contributed by atoms with Crippen LogP contribution in [0.5, 0.6) is 0 Å². The number of ether oxygens (including phenoxy) is 1. The van der Waals surface area contributed by atoms with Gasteiger partial charge in [0.05, 0.1) is 0 Å². The van der Waals surface area contributed by atoms with Crippen molar-refractivity contribution in [2.45, 2.75) is 38.0 Å². The quantitative estimate of drug-likeness (QED) is 0.494. The molecule has 7 nitrogen and oxygen atoms in total. The number of benzene rings is 2. The number of rotatable bonds is 11. The molecule has 0 fully saturated rings. The standard InChI is InChI=1S/C23H26N2O5/c1-2-3-14-19(22(27)28)24-21(26)20(15-17-10-6-4-7-11-17)25-23(29)30-16-18-12-8-5-9-13-18/h2,4-13,19-20H,1,3,14-16H2,(H,24,26)(H,25,29)(H,27,28)/t19-,20+/m1/s1.